The van der Waals surface area contributed by atoms with Gasteiger partial charge >= 0.3 is 23.9 Å². The van der Waals surface area contributed by atoms with Gasteiger partial charge in [0.1, 0.15) is 31.2 Å². The number of carbonyl (C=O) groups excluding carboxylic acids is 4. The molecule has 2 aromatic rings. The van der Waals surface area contributed by atoms with Crippen LogP contribution in [-0.4, -0.2) is 68.1 Å². The highest BCUT2D eigenvalue weighted by atomic mass is 35.5. The van der Waals surface area contributed by atoms with Crippen molar-refractivity contribution in [1.29, 1.82) is 0 Å². The quantitative estimate of drug-likeness (QED) is 0.303. The minimum absolute atomic E-state index is 0.312. The van der Waals surface area contributed by atoms with E-state index in [2.05, 4.69) is 0 Å². The molecule has 222 valence electrons. The SMILES string of the molecule is CC(=O)OCC1OC(c2ccc(Cl)c(Cc3ccc(OCCN)cc3)c2)C(OC(C)=O)C(OC(C)=O)C1OC(C)=O. The van der Waals surface area contributed by atoms with Crippen LogP contribution in [-0.2, 0) is 49.3 Å². The summed E-state index contributed by atoms with van der Waals surface area (Å²) in [7, 11) is 0. The van der Waals surface area contributed by atoms with Gasteiger partial charge in [0.2, 0.25) is 0 Å². The molecule has 5 unspecified atom stereocenters. The Kier molecular flexibility index (Phi) is 11.5. The molecule has 1 heterocycles. The van der Waals surface area contributed by atoms with Crippen molar-refractivity contribution in [3.05, 3.63) is 64.2 Å². The molecule has 3 rings (SSSR count). The number of carbonyl (C=O) groups is 4. The van der Waals surface area contributed by atoms with Gasteiger partial charge in [-0.3, -0.25) is 19.2 Å². The maximum Gasteiger partial charge on any atom is 0.303 e. The van der Waals surface area contributed by atoms with Crippen LogP contribution in [0.25, 0.3) is 0 Å². The van der Waals surface area contributed by atoms with Crippen LogP contribution in [0.2, 0.25) is 5.02 Å². The fraction of sp³-hybridized carbons (Fsp3) is 0.448. The van der Waals surface area contributed by atoms with E-state index in [0.717, 1.165) is 11.1 Å². The standard InChI is InChI=1S/C29H34ClNO10/c1-16(32)37-15-25-27(38-17(2)33)29(40-19(4)35)28(39-18(3)34)26(41-25)21-7-10-24(30)22(14-21)13-20-5-8-23(9-6-20)36-12-11-31/h5-10,14,25-29H,11-13,15,31H2,1-4H3. The van der Waals surface area contributed by atoms with Crippen molar-refractivity contribution in [2.75, 3.05) is 19.8 Å². The van der Waals surface area contributed by atoms with E-state index in [-0.39, 0.29) is 6.61 Å². The van der Waals surface area contributed by atoms with Gasteiger partial charge in [-0.2, -0.15) is 0 Å². The van der Waals surface area contributed by atoms with Crippen molar-refractivity contribution in [3.63, 3.8) is 0 Å². The predicted octanol–water partition coefficient (Wildman–Crippen LogP) is 3.07. The fourth-order valence-corrected chi connectivity index (χ4v) is 4.69. The number of nitrogens with two attached hydrogens (primary N) is 1. The predicted molar refractivity (Wildman–Crippen MR) is 146 cm³/mol. The summed E-state index contributed by atoms with van der Waals surface area (Å²) < 4.78 is 33.5. The first-order valence-electron chi connectivity index (χ1n) is 13.0. The van der Waals surface area contributed by atoms with Crippen LogP contribution in [0, 0.1) is 0 Å². The highest BCUT2D eigenvalue weighted by molar-refractivity contribution is 6.31. The summed E-state index contributed by atoms with van der Waals surface area (Å²) in [5.74, 6) is -1.97. The molecule has 2 aromatic carbocycles. The van der Waals surface area contributed by atoms with Crippen molar-refractivity contribution in [1.82, 2.24) is 0 Å². The van der Waals surface area contributed by atoms with E-state index in [4.69, 9.17) is 45.8 Å². The average Bonchev–Trinajstić information content (AvgIpc) is 2.90. The van der Waals surface area contributed by atoms with Crippen molar-refractivity contribution >= 4 is 35.5 Å². The van der Waals surface area contributed by atoms with Crippen LogP contribution < -0.4 is 10.5 Å². The molecule has 1 saturated heterocycles. The van der Waals surface area contributed by atoms with Gasteiger partial charge in [-0.25, -0.2) is 0 Å². The van der Waals surface area contributed by atoms with E-state index in [1.165, 1.54) is 27.7 Å². The van der Waals surface area contributed by atoms with Crippen LogP contribution >= 0.6 is 11.6 Å². The maximum absolute atomic E-state index is 12.2. The summed E-state index contributed by atoms with van der Waals surface area (Å²) in [4.78, 5) is 47.9. The molecule has 0 amide bonds. The van der Waals surface area contributed by atoms with Gasteiger partial charge in [0.15, 0.2) is 18.3 Å². The van der Waals surface area contributed by atoms with Gasteiger partial charge in [0, 0.05) is 39.3 Å². The number of esters is 4. The Balaban J connectivity index is 2.00. The lowest BCUT2D eigenvalue weighted by Crippen LogP contribution is -2.59. The Morgan fingerprint density at radius 1 is 0.829 bits per heavy atom. The van der Waals surface area contributed by atoms with E-state index in [0.29, 0.717) is 35.9 Å². The highest BCUT2D eigenvalue weighted by Crippen LogP contribution is 2.39. The zero-order valence-electron chi connectivity index (χ0n) is 23.3. The summed E-state index contributed by atoms with van der Waals surface area (Å²) in [6.45, 7) is 5.26. The minimum atomic E-state index is -1.26. The van der Waals surface area contributed by atoms with Crippen LogP contribution in [0.1, 0.15) is 50.5 Å². The number of hydrogen-bond acceptors (Lipinski definition) is 11. The second-order valence-electron chi connectivity index (χ2n) is 9.43. The molecule has 0 aromatic heterocycles. The molecule has 41 heavy (non-hydrogen) atoms. The van der Waals surface area contributed by atoms with Gasteiger partial charge in [-0.1, -0.05) is 35.9 Å². The van der Waals surface area contributed by atoms with Crippen LogP contribution in [0.15, 0.2) is 42.5 Å². The zero-order valence-corrected chi connectivity index (χ0v) is 24.1. The van der Waals surface area contributed by atoms with Crippen LogP contribution in [0.4, 0.5) is 0 Å². The number of halogens is 1. The lowest BCUT2D eigenvalue weighted by Gasteiger charge is -2.44. The van der Waals surface area contributed by atoms with Crippen LogP contribution in [0.5, 0.6) is 5.75 Å². The molecule has 5 atom stereocenters. The summed E-state index contributed by atoms with van der Waals surface area (Å²) in [6.07, 6.45) is -5.30. The number of ether oxygens (including phenoxy) is 6. The van der Waals surface area contributed by atoms with Gasteiger partial charge in [-0.05, 0) is 41.3 Å². The van der Waals surface area contributed by atoms with Crippen molar-refractivity contribution in [2.24, 2.45) is 5.73 Å². The topological polar surface area (TPSA) is 150 Å². The van der Waals surface area contributed by atoms with E-state index < -0.39 is 54.4 Å². The lowest BCUT2D eigenvalue weighted by atomic mass is 9.89. The van der Waals surface area contributed by atoms with E-state index >= 15 is 0 Å². The summed E-state index contributed by atoms with van der Waals surface area (Å²) >= 11 is 6.55. The first-order valence-corrected chi connectivity index (χ1v) is 13.4. The van der Waals surface area contributed by atoms with Crippen molar-refractivity contribution in [3.8, 4) is 5.75 Å². The number of rotatable bonds is 11. The first kappa shape index (κ1) is 31.9. The maximum atomic E-state index is 12.2. The van der Waals surface area contributed by atoms with Crippen LogP contribution in [0.3, 0.4) is 0 Å². The molecular weight excluding hydrogens is 558 g/mol. The number of benzene rings is 2. The Bertz CT molecular complexity index is 1230. The Morgan fingerprint density at radius 3 is 2.02 bits per heavy atom. The first-order chi connectivity index (χ1) is 19.5. The van der Waals surface area contributed by atoms with E-state index in [1.54, 1.807) is 18.2 Å². The van der Waals surface area contributed by atoms with E-state index in [1.807, 2.05) is 24.3 Å². The van der Waals surface area contributed by atoms with Gasteiger partial charge in [0.25, 0.3) is 0 Å². The van der Waals surface area contributed by atoms with Crippen molar-refractivity contribution in [2.45, 2.75) is 64.6 Å². The largest absolute Gasteiger partial charge is 0.492 e. The second kappa shape index (κ2) is 14.8. The zero-order chi connectivity index (χ0) is 30.1. The van der Waals surface area contributed by atoms with Gasteiger partial charge < -0.3 is 34.2 Å². The third-order valence-electron chi connectivity index (χ3n) is 6.09. The third kappa shape index (κ3) is 9.17. The second-order valence-corrected chi connectivity index (χ2v) is 9.84. The molecule has 0 bridgehead atoms. The summed E-state index contributed by atoms with van der Waals surface area (Å²) in [6, 6.07) is 12.6. The molecule has 12 heteroatoms. The molecule has 0 spiro atoms. The smallest absolute Gasteiger partial charge is 0.303 e. The average molecular weight is 592 g/mol. The fourth-order valence-electron chi connectivity index (χ4n) is 4.50. The minimum Gasteiger partial charge on any atom is -0.492 e. The Hall–Kier alpha value is -3.67. The monoisotopic (exact) mass is 591 g/mol. The summed E-state index contributed by atoms with van der Waals surface area (Å²) in [5, 5.41) is 0.489. The molecular formula is C29H34ClNO10. The van der Waals surface area contributed by atoms with Crippen molar-refractivity contribution < 1.29 is 47.6 Å². The van der Waals surface area contributed by atoms with Gasteiger partial charge in [-0.15, -0.1) is 0 Å². The molecule has 11 nitrogen and oxygen atoms in total. The third-order valence-corrected chi connectivity index (χ3v) is 6.46. The summed E-state index contributed by atoms with van der Waals surface area (Å²) in [5.41, 5.74) is 7.73. The Labute approximate surface area is 243 Å². The molecule has 1 aliphatic rings. The normalized spacial score (nSPS) is 21.9. The lowest BCUT2D eigenvalue weighted by molar-refractivity contribution is -0.254. The van der Waals surface area contributed by atoms with E-state index in [9.17, 15) is 19.2 Å². The van der Waals surface area contributed by atoms with Gasteiger partial charge in [0.05, 0.1) is 0 Å². The molecule has 2 N–H and O–H groups in total. The molecule has 1 aliphatic heterocycles. The number of hydrogen-bond donors (Lipinski definition) is 1. The molecule has 0 aliphatic carbocycles. The molecule has 1 fully saturated rings. The molecule has 0 radical (unpaired) electrons. The Morgan fingerprint density at radius 2 is 1.44 bits per heavy atom. The highest BCUT2D eigenvalue weighted by Gasteiger charge is 2.52. The molecule has 0 saturated carbocycles.